The van der Waals surface area contributed by atoms with Crippen LogP contribution in [0.3, 0.4) is 0 Å². The monoisotopic (exact) mass is 237 g/mol. The average Bonchev–Trinajstić information content (AvgIpc) is 2.76. The minimum Gasteiger partial charge on any atom is -0.481 e. The number of carbonyl (C=O) groups excluding carboxylic acids is 1. The van der Waals surface area contributed by atoms with Crippen molar-refractivity contribution in [3.8, 4) is 0 Å². The molecule has 2 atom stereocenters. The molecular weight excluding hydrogens is 222 g/mol. The lowest BCUT2D eigenvalue weighted by Gasteiger charge is -2.36. The van der Waals surface area contributed by atoms with Gasteiger partial charge in [0, 0.05) is 12.5 Å². The van der Waals surface area contributed by atoms with Gasteiger partial charge in [-0.05, 0) is 25.5 Å². The first kappa shape index (κ1) is 11.7. The molecule has 1 fully saturated rings. The molecule has 1 amide bonds. The average molecular weight is 237 g/mol. The number of carbonyl (C=O) groups is 2. The Hall–Kier alpha value is -1.78. The molecule has 2 heterocycles. The van der Waals surface area contributed by atoms with Crippen molar-refractivity contribution in [2.24, 2.45) is 5.92 Å². The molecular formula is C12H15NO4. The second-order valence-corrected chi connectivity index (χ2v) is 4.33. The number of amides is 1. The molecule has 1 aliphatic heterocycles. The second kappa shape index (κ2) is 4.61. The van der Waals surface area contributed by atoms with E-state index in [1.165, 1.54) is 0 Å². The Balaban J connectivity index is 2.12. The molecule has 0 aromatic carbocycles. The van der Waals surface area contributed by atoms with Gasteiger partial charge in [-0.1, -0.05) is 0 Å². The summed E-state index contributed by atoms with van der Waals surface area (Å²) in [5.41, 5.74) is 0. The summed E-state index contributed by atoms with van der Waals surface area (Å²) in [6.45, 7) is 2.12. The molecule has 5 heteroatoms. The summed E-state index contributed by atoms with van der Waals surface area (Å²) in [6, 6.07) is 3.24. The third-order valence-corrected chi connectivity index (χ3v) is 3.29. The fourth-order valence-electron chi connectivity index (χ4n) is 2.24. The molecule has 5 nitrogen and oxygen atoms in total. The van der Waals surface area contributed by atoms with Gasteiger partial charge in [0.1, 0.15) is 5.76 Å². The number of carboxylic acids is 1. The Morgan fingerprint density at radius 1 is 1.65 bits per heavy atom. The number of nitrogens with zero attached hydrogens (tertiary/aromatic N) is 1. The van der Waals surface area contributed by atoms with Crippen LogP contribution in [0.2, 0.25) is 0 Å². The van der Waals surface area contributed by atoms with Gasteiger partial charge in [-0.2, -0.15) is 0 Å². The van der Waals surface area contributed by atoms with Crippen LogP contribution >= 0.6 is 0 Å². The van der Waals surface area contributed by atoms with Gasteiger partial charge in [0.25, 0.3) is 0 Å². The van der Waals surface area contributed by atoms with E-state index < -0.39 is 11.9 Å². The molecule has 0 spiro atoms. The largest absolute Gasteiger partial charge is 0.481 e. The maximum absolute atomic E-state index is 11.8. The Morgan fingerprint density at radius 2 is 2.41 bits per heavy atom. The molecule has 0 bridgehead atoms. The molecule has 1 aromatic rings. The van der Waals surface area contributed by atoms with Gasteiger partial charge in [-0.15, -0.1) is 0 Å². The third-order valence-electron chi connectivity index (χ3n) is 3.29. The number of rotatable bonds is 3. The van der Waals surface area contributed by atoms with Crippen LogP contribution in [0.25, 0.3) is 0 Å². The van der Waals surface area contributed by atoms with Crippen LogP contribution in [0.1, 0.15) is 25.5 Å². The van der Waals surface area contributed by atoms with E-state index in [1.54, 1.807) is 30.2 Å². The maximum Gasteiger partial charge on any atom is 0.308 e. The summed E-state index contributed by atoms with van der Waals surface area (Å²) >= 11 is 0. The van der Waals surface area contributed by atoms with Crippen LogP contribution in [0.15, 0.2) is 22.8 Å². The van der Waals surface area contributed by atoms with E-state index in [0.29, 0.717) is 25.1 Å². The van der Waals surface area contributed by atoms with Gasteiger partial charge in [0.15, 0.2) is 0 Å². The van der Waals surface area contributed by atoms with Gasteiger partial charge in [-0.3, -0.25) is 9.59 Å². The van der Waals surface area contributed by atoms with Crippen LogP contribution in [0.5, 0.6) is 0 Å². The fourth-order valence-corrected chi connectivity index (χ4v) is 2.24. The molecule has 0 saturated carbocycles. The van der Waals surface area contributed by atoms with Crippen molar-refractivity contribution < 1.29 is 19.1 Å². The van der Waals surface area contributed by atoms with E-state index >= 15 is 0 Å². The van der Waals surface area contributed by atoms with Crippen LogP contribution in [0.4, 0.5) is 0 Å². The number of hydrogen-bond acceptors (Lipinski definition) is 3. The zero-order valence-electron chi connectivity index (χ0n) is 9.63. The molecule has 17 heavy (non-hydrogen) atoms. The molecule has 0 aliphatic carbocycles. The van der Waals surface area contributed by atoms with Crippen molar-refractivity contribution in [3.63, 3.8) is 0 Å². The lowest BCUT2D eigenvalue weighted by molar-refractivity contribution is -0.151. The van der Waals surface area contributed by atoms with Gasteiger partial charge in [0.2, 0.25) is 5.91 Å². The molecule has 2 rings (SSSR count). The van der Waals surface area contributed by atoms with Crippen molar-refractivity contribution in [2.75, 3.05) is 0 Å². The van der Waals surface area contributed by atoms with E-state index in [1.807, 2.05) is 0 Å². The van der Waals surface area contributed by atoms with Crippen molar-refractivity contribution in [2.45, 2.75) is 32.4 Å². The smallest absolute Gasteiger partial charge is 0.308 e. The highest BCUT2D eigenvalue weighted by Crippen LogP contribution is 2.26. The standard InChI is InChI=1S/C12H15NO4/c1-8-10(12(15)16)4-5-11(14)13(8)7-9-3-2-6-17-9/h2-3,6,8,10H,4-5,7H2,1H3,(H,15,16)/t8-,10+/m1/s1. The van der Waals surface area contributed by atoms with Crippen LogP contribution in [0, 0.1) is 5.92 Å². The third kappa shape index (κ3) is 2.33. The number of aliphatic carboxylic acids is 1. The zero-order valence-corrected chi connectivity index (χ0v) is 9.63. The van der Waals surface area contributed by atoms with Crippen LogP contribution in [-0.2, 0) is 16.1 Å². The number of carboxylic acid groups (broad SMARTS) is 1. The number of likely N-dealkylation sites (tertiary alicyclic amines) is 1. The van der Waals surface area contributed by atoms with Gasteiger partial charge in [-0.25, -0.2) is 0 Å². The van der Waals surface area contributed by atoms with Crippen molar-refractivity contribution in [1.82, 2.24) is 4.90 Å². The summed E-state index contributed by atoms with van der Waals surface area (Å²) in [6.07, 6.45) is 2.26. The maximum atomic E-state index is 11.8. The van der Waals surface area contributed by atoms with Gasteiger partial charge >= 0.3 is 5.97 Å². The molecule has 1 saturated heterocycles. The molecule has 0 unspecified atom stereocenters. The van der Waals surface area contributed by atoms with Crippen molar-refractivity contribution >= 4 is 11.9 Å². The highest BCUT2D eigenvalue weighted by Gasteiger charge is 2.37. The highest BCUT2D eigenvalue weighted by molar-refractivity contribution is 5.81. The fraction of sp³-hybridized carbons (Fsp3) is 0.500. The zero-order chi connectivity index (χ0) is 12.4. The van der Waals surface area contributed by atoms with E-state index in [4.69, 9.17) is 9.52 Å². The van der Waals surface area contributed by atoms with Crippen molar-refractivity contribution in [1.29, 1.82) is 0 Å². The van der Waals surface area contributed by atoms with Gasteiger partial charge in [0.05, 0.1) is 18.7 Å². The Kier molecular flexibility index (Phi) is 3.17. The molecule has 92 valence electrons. The molecule has 1 aliphatic rings. The van der Waals surface area contributed by atoms with E-state index in [2.05, 4.69) is 0 Å². The lowest BCUT2D eigenvalue weighted by Crippen LogP contribution is -2.48. The van der Waals surface area contributed by atoms with E-state index in [9.17, 15) is 9.59 Å². The van der Waals surface area contributed by atoms with Crippen molar-refractivity contribution in [3.05, 3.63) is 24.2 Å². The summed E-state index contributed by atoms with van der Waals surface area (Å²) in [4.78, 5) is 24.4. The second-order valence-electron chi connectivity index (χ2n) is 4.33. The molecule has 0 radical (unpaired) electrons. The molecule has 1 N–H and O–H groups in total. The number of hydrogen-bond donors (Lipinski definition) is 1. The van der Waals surface area contributed by atoms with E-state index in [0.717, 1.165) is 0 Å². The Morgan fingerprint density at radius 3 is 3.00 bits per heavy atom. The first-order valence-corrected chi connectivity index (χ1v) is 5.64. The predicted octanol–water partition coefficient (Wildman–Crippen LogP) is 1.49. The Labute approximate surface area is 99.0 Å². The minimum atomic E-state index is -0.838. The van der Waals surface area contributed by atoms with Gasteiger partial charge < -0.3 is 14.4 Å². The minimum absolute atomic E-state index is 0.00796. The summed E-state index contributed by atoms with van der Waals surface area (Å²) in [5, 5.41) is 9.08. The first-order valence-electron chi connectivity index (χ1n) is 5.64. The Bertz CT molecular complexity index is 412. The molecule has 1 aromatic heterocycles. The topological polar surface area (TPSA) is 70.8 Å². The number of piperidine rings is 1. The van der Waals surface area contributed by atoms with E-state index in [-0.39, 0.29) is 11.9 Å². The quantitative estimate of drug-likeness (QED) is 0.864. The predicted molar refractivity (Wildman–Crippen MR) is 59.1 cm³/mol. The summed E-state index contributed by atoms with van der Waals surface area (Å²) in [5.74, 6) is -0.653. The summed E-state index contributed by atoms with van der Waals surface area (Å²) in [7, 11) is 0. The SMILES string of the molecule is C[C@@H]1[C@@H](C(=O)O)CCC(=O)N1Cc1ccco1. The highest BCUT2D eigenvalue weighted by atomic mass is 16.4. The normalized spacial score (nSPS) is 25.0. The first-order chi connectivity index (χ1) is 8.09. The number of furan rings is 1. The van der Waals surface area contributed by atoms with Crippen LogP contribution in [-0.4, -0.2) is 27.9 Å². The lowest BCUT2D eigenvalue weighted by atomic mass is 9.90. The summed E-state index contributed by atoms with van der Waals surface area (Å²) < 4.78 is 5.19. The van der Waals surface area contributed by atoms with Crippen LogP contribution < -0.4 is 0 Å².